The number of hydrogen-bond donors (Lipinski definition) is 4. The third-order valence-electron chi connectivity index (χ3n) is 2.27. The lowest BCUT2D eigenvalue weighted by molar-refractivity contribution is 0.593. The van der Waals surface area contributed by atoms with Gasteiger partial charge in [-0.15, -0.1) is 0 Å². The Morgan fingerprint density at radius 2 is 1.69 bits per heavy atom. The summed E-state index contributed by atoms with van der Waals surface area (Å²) in [5, 5.41) is 0.204. The molecule has 1 aliphatic heterocycles. The van der Waals surface area contributed by atoms with Gasteiger partial charge in [-0.1, -0.05) is 20.8 Å². The summed E-state index contributed by atoms with van der Waals surface area (Å²) in [4.78, 5) is 4.53. The summed E-state index contributed by atoms with van der Waals surface area (Å²) in [5.41, 5.74) is 17.9. The molecule has 1 atom stereocenters. The average molecular weight is 242 g/mol. The quantitative estimate of drug-likeness (QED) is 0.404. The van der Waals surface area contributed by atoms with E-state index in [-0.39, 0.29) is 21.8 Å². The fourth-order valence-corrected chi connectivity index (χ4v) is 2.97. The van der Waals surface area contributed by atoms with Crippen LogP contribution in [0.5, 0.6) is 0 Å². The minimum absolute atomic E-state index is 0.196. The summed E-state index contributed by atoms with van der Waals surface area (Å²) in [7, 11) is -1.25. The lowest BCUT2D eigenvalue weighted by Crippen LogP contribution is -2.31. The first-order valence-corrected chi connectivity index (χ1v) is 5.93. The van der Waals surface area contributed by atoms with Crippen molar-refractivity contribution in [2.45, 2.75) is 20.8 Å². The van der Waals surface area contributed by atoms with Crippen LogP contribution in [0.2, 0.25) is 0 Å². The molecule has 0 amide bonds. The van der Waals surface area contributed by atoms with Crippen LogP contribution in [-0.4, -0.2) is 16.1 Å². The van der Waals surface area contributed by atoms with E-state index in [0.717, 1.165) is 0 Å². The summed E-state index contributed by atoms with van der Waals surface area (Å²) in [6.45, 7) is 9.31. The number of nitrogens with zero attached hydrogens (tertiary/aromatic N) is 1. The minimum atomic E-state index is -1.25. The van der Waals surface area contributed by atoms with Crippen molar-refractivity contribution in [1.29, 1.82) is 0 Å². The Bertz CT molecular complexity index is 440. The zero-order chi connectivity index (χ0) is 12.7. The van der Waals surface area contributed by atoms with Crippen LogP contribution in [0.25, 0.3) is 0 Å². The van der Waals surface area contributed by atoms with Gasteiger partial charge in [-0.2, -0.15) is 0 Å². The van der Waals surface area contributed by atoms with Gasteiger partial charge >= 0.3 is 0 Å². The lowest BCUT2D eigenvalue weighted by atomic mass is 9.89. The van der Waals surface area contributed by atoms with Gasteiger partial charge in [0.25, 0.3) is 0 Å². The molecular weight excluding hydrogens is 224 g/mol. The standard InChI is InChI=1S/C10H18N4OS/c1-10(2,3)8-7(14-4)5(11)6(12)9(13)16(8)15/h15H,4,11-13H2,1-3H3. The molecular formula is C10H18N4OS. The topological polar surface area (TPSA) is 111 Å². The number of rotatable bonds is 1. The molecule has 1 heterocycles. The molecule has 16 heavy (non-hydrogen) atoms. The first-order chi connectivity index (χ1) is 7.21. The predicted octanol–water partition coefficient (Wildman–Crippen LogP) is 0.918. The number of allylic oxidation sites excluding steroid dienone is 1. The van der Waals surface area contributed by atoms with Crippen molar-refractivity contribution in [3.8, 4) is 0 Å². The molecule has 0 saturated heterocycles. The van der Waals surface area contributed by atoms with Gasteiger partial charge in [-0.05, 0) is 22.9 Å². The maximum Gasteiger partial charge on any atom is 0.111 e. The van der Waals surface area contributed by atoms with Crippen molar-refractivity contribution in [3.63, 3.8) is 0 Å². The summed E-state index contributed by atoms with van der Waals surface area (Å²) >= 11 is 0. The smallest absolute Gasteiger partial charge is 0.111 e. The Hall–Kier alpha value is -1.27. The van der Waals surface area contributed by atoms with Gasteiger partial charge < -0.3 is 21.8 Å². The van der Waals surface area contributed by atoms with Gasteiger partial charge in [-0.25, -0.2) is 0 Å². The van der Waals surface area contributed by atoms with E-state index in [9.17, 15) is 4.55 Å². The molecule has 0 aliphatic carbocycles. The molecule has 6 heteroatoms. The van der Waals surface area contributed by atoms with E-state index in [1.165, 1.54) is 0 Å². The molecule has 0 radical (unpaired) electrons. The van der Waals surface area contributed by atoms with Crippen molar-refractivity contribution < 1.29 is 4.55 Å². The molecule has 0 fully saturated rings. The molecule has 0 saturated carbocycles. The molecule has 1 rings (SSSR count). The van der Waals surface area contributed by atoms with Gasteiger partial charge in [-0.3, -0.25) is 4.99 Å². The maximum absolute atomic E-state index is 10.1. The molecule has 1 aliphatic rings. The van der Waals surface area contributed by atoms with Crippen molar-refractivity contribution >= 4 is 22.3 Å². The zero-order valence-corrected chi connectivity index (χ0v) is 10.6. The Labute approximate surface area is 97.9 Å². The first kappa shape index (κ1) is 12.8. The van der Waals surface area contributed by atoms with Crippen molar-refractivity contribution in [3.05, 3.63) is 22.1 Å². The summed E-state index contributed by atoms with van der Waals surface area (Å²) in [6, 6.07) is 0. The Morgan fingerprint density at radius 3 is 2.06 bits per heavy atom. The molecule has 7 N–H and O–H groups in total. The van der Waals surface area contributed by atoms with E-state index in [0.29, 0.717) is 10.6 Å². The Morgan fingerprint density at radius 1 is 1.19 bits per heavy atom. The van der Waals surface area contributed by atoms with E-state index in [4.69, 9.17) is 17.2 Å². The van der Waals surface area contributed by atoms with Crippen LogP contribution < -0.4 is 17.2 Å². The summed E-state index contributed by atoms with van der Waals surface area (Å²) in [5.74, 6) is 0. The zero-order valence-electron chi connectivity index (χ0n) is 9.74. The first-order valence-electron chi connectivity index (χ1n) is 4.75. The van der Waals surface area contributed by atoms with E-state index in [1.54, 1.807) is 0 Å². The van der Waals surface area contributed by atoms with E-state index >= 15 is 0 Å². The fourth-order valence-electron chi connectivity index (χ4n) is 1.49. The van der Waals surface area contributed by atoms with Gasteiger partial charge in [0.15, 0.2) is 0 Å². The third-order valence-corrected chi connectivity index (χ3v) is 4.10. The molecule has 1 unspecified atom stereocenters. The summed E-state index contributed by atoms with van der Waals surface area (Å²) < 4.78 is 10.1. The van der Waals surface area contributed by atoms with Crippen molar-refractivity contribution in [1.82, 2.24) is 0 Å². The normalized spacial score (nSPS) is 22.8. The number of aliphatic imine (C=N–C) groups is 1. The highest BCUT2D eigenvalue weighted by Gasteiger charge is 2.31. The Balaban J connectivity index is 3.64. The predicted molar refractivity (Wildman–Crippen MR) is 70.8 cm³/mol. The molecule has 0 bridgehead atoms. The highest BCUT2D eigenvalue weighted by Crippen LogP contribution is 2.38. The SMILES string of the molecule is C=NC1=C(N)C(N)=C(N)S(O)=C1C(C)(C)C. The highest BCUT2D eigenvalue weighted by atomic mass is 32.2. The lowest BCUT2D eigenvalue weighted by Gasteiger charge is -2.29. The van der Waals surface area contributed by atoms with E-state index < -0.39 is 10.8 Å². The minimum Gasteiger partial charge on any atom is -0.395 e. The van der Waals surface area contributed by atoms with Gasteiger partial charge in [0.2, 0.25) is 0 Å². The second kappa shape index (κ2) is 3.95. The molecule has 5 nitrogen and oxygen atoms in total. The van der Waals surface area contributed by atoms with Gasteiger partial charge in [0, 0.05) is 4.86 Å². The van der Waals surface area contributed by atoms with Crippen LogP contribution >= 0.6 is 10.8 Å². The summed E-state index contributed by atoms with van der Waals surface area (Å²) in [6.07, 6.45) is 0. The average Bonchev–Trinajstić information content (AvgIpc) is 2.18. The van der Waals surface area contributed by atoms with E-state index in [2.05, 4.69) is 11.7 Å². The van der Waals surface area contributed by atoms with Crippen molar-refractivity contribution in [2.75, 3.05) is 0 Å². The number of hydrogen-bond acceptors (Lipinski definition) is 5. The van der Waals surface area contributed by atoms with Gasteiger partial charge in [0.1, 0.15) is 5.03 Å². The molecule has 0 aromatic carbocycles. The van der Waals surface area contributed by atoms with Crippen LogP contribution in [0.1, 0.15) is 20.8 Å². The van der Waals surface area contributed by atoms with Crippen LogP contribution in [0, 0.1) is 5.41 Å². The molecule has 90 valence electrons. The van der Waals surface area contributed by atoms with Crippen LogP contribution in [0.4, 0.5) is 0 Å². The monoisotopic (exact) mass is 242 g/mol. The van der Waals surface area contributed by atoms with Crippen molar-refractivity contribution in [2.24, 2.45) is 27.6 Å². The second-order valence-corrected chi connectivity index (χ2v) is 5.98. The maximum atomic E-state index is 10.1. The Kier molecular flexibility index (Phi) is 3.16. The fraction of sp³-hybridized carbons (Fsp3) is 0.400. The highest BCUT2D eigenvalue weighted by molar-refractivity contribution is 8.14. The van der Waals surface area contributed by atoms with E-state index in [1.807, 2.05) is 20.8 Å². The van der Waals surface area contributed by atoms with Crippen LogP contribution in [-0.2, 0) is 0 Å². The van der Waals surface area contributed by atoms with Crippen LogP contribution in [0.15, 0.2) is 27.1 Å². The third kappa shape index (κ3) is 1.85. The molecule has 0 spiro atoms. The second-order valence-electron chi connectivity index (χ2n) is 4.56. The molecule has 0 aromatic heterocycles. The van der Waals surface area contributed by atoms with Crippen LogP contribution in [0.3, 0.4) is 0 Å². The van der Waals surface area contributed by atoms with Gasteiger partial charge in [0.05, 0.1) is 17.1 Å². The number of nitrogens with two attached hydrogens (primary N) is 3. The molecule has 0 aromatic rings. The largest absolute Gasteiger partial charge is 0.395 e.